The van der Waals surface area contributed by atoms with Crippen molar-refractivity contribution in [3.05, 3.63) is 28.4 Å². The van der Waals surface area contributed by atoms with Gasteiger partial charge in [0.1, 0.15) is 6.33 Å². The topological polar surface area (TPSA) is 89.1 Å². The van der Waals surface area contributed by atoms with Crippen LogP contribution in [0.1, 0.15) is 5.56 Å². The minimum Gasteiger partial charge on any atom is -0.330 e. The van der Waals surface area contributed by atoms with Crippen LogP contribution >= 0.6 is 0 Å². The third-order valence-electron chi connectivity index (χ3n) is 1.79. The lowest BCUT2D eigenvalue weighted by atomic mass is 10.2. The Bertz CT molecular complexity index is 471. The van der Waals surface area contributed by atoms with Crippen molar-refractivity contribution in [3.8, 4) is 0 Å². The van der Waals surface area contributed by atoms with Gasteiger partial charge in [0.25, 0.3) is 11.3 Å². The molecule has 0 bridgehead atoms. The van der Waals surface area contributed by atoms with Crippen LogP contribution in [0.3, 0.4) is 0 Å². The van der Waals surface area contributed by atoms with E-state index in [4.69, 9.17) is 5.73 Å². The second-order valence-electron chi connectivity index (χ2n) is 2.65. The molecule has 0 aliphatic carbocycles. The molecule has 2 heterocycles. The quantitative estimate of drug-likeness (QED) is 0.613. The van der Waals surface area contributed by atoms with E-state index in [1.807, 2.05) is 0 Å². The highest BCUT2D eigenvalue weighted by Gasteiger charge is 2.04. The molecule has 68 valence electrons. The summed E-state index contributed by atoms with van der Waals surface area (Å²) in [6.07, 6.45) is 3.48. The monoisotopic (exact) mass is 179 g/mol. The molecule has 0 aromatic carbocycles. The smallest absolute Gasteiger partial charge is 0.277 e. The number of hydrogen-bond donors (Lipinski definition) is 2. The number of aromatic nitrogens is 4. The maximum absolute atomic E-state index is 11.6. The standard InChI is InChI=1S/C7H9N5O/c8-2-1-5-3-9-7-10-4-11-12(7)6(5)13/h3-4H,1-2,8H2,(H,9,10,11). The van der Waals surface area contributed by atoms with Gasteiger partial charge in [-0.3, -0.25) is 9.89 Å². The largest absolute Gasteiger partial charge is 0.330 e. The first-order valence-electron chi connectivity index (χ1n) is 3.93. The number of nitrogens with two attached hydrogens (primary N) is 1. The van der Waals surface area contributed by atoms with Gasteiger partial charge >= 0.3 is 0 Å². The maximum Gasteiger partial charge on any atom is 0.277 e. The van der Waals surface area contributed by atoms with E-state index in [0.717, 1.165) is 0 Å². The molecule has 13 heavy (non-hydrogen) atoms. The van der Waals surface area contributed by atoms with E-state index >= 15 is 0 Å². The molecule has 3 N–H and O–H groups in total. The highest BCUT2D eigenvalue weighted by molar-refractivity contribution is 5.25. The van der Waals surface area contributed by atoms with Gasteiger partial charge in [0, 0.05) is 11.8 Å². The van der Waals surface area contributed by atoms with Crippen molar-refractivity contribution in [2.24, 2.45) is 5.73 Å². The number of nitrogens with zero attached hydrogens (tertiary/aromatic N) is 3. The van der Waals surface area contributed by atoms with Gasteiger partial charge in [0.2, 0.25) is 0 Å². The molecule has 0 fully saturated rings. The fourth-order valence-electron chi connectivity index (χ4n) is 1.16. The van der Waals surface area contributed by atoms with Crippen LogP contribution in [-0.2, 0) is 6.42 Å². The molecule has 0 aliphatic heterocycles. The van der Waals surface area contributed by atoms with Gasteiger partial charge in [0.05, 0.1) is 0 Å². The second-order valence-corrected chi connectivity index (χ2v) is 2.65. The Hall–Kier alpha value is -1.69. The normalized spacial score (nSPS) is 10.8. The highest BCUT2D eigenvalue weighted by Crippen LogP contribution is 1.92. The van der Waals surface area contributed by atoms with E-state index in [1.165, 1.54) is 17.0 Å². The summed E-state index contributed by atoms with van der Waals surface area (Å²) in [6.45, 7) is 0.442. The predicted octanol–water partition coefficient (Wildman–Crippen LogP) is -1.08. The van der Waals surface area contributed by atoms with E-state index in [9.17, 15) is 4.79 Å². The van der Waals surface area contributed by atoms with Gasteiger partial charge in [-0.15, -0.1) is 0 Å². The molecule has 0 saturated carbocycles. The van der Waals surface area contributed by atoms with Crippen LogP contribution in [0.5, 0.6) is 0 Å². The molecule has 0 atom stereocenters. The molecular formula is C7H9N5O. The van der Waals surface area contributed by atoms with Gasteiger partial charge in [0.15, 0.2) is 0 Å². The van der Waals surface area contributed by atoms with Crippen LogP contribution in [0.2, 0.25) is 0 Å². The van der Waals surface area contributed by atoms with Crippen LogP contribution < -0.4 is 11.3 Å². The lowest BCUT2D eigenvalue weighted by Gasteiger charge is -1.96. The second kappa shape index (κ2) is 2.98. The summed E-state index contributed by atoms with van der Waals surface area (Å²) < 4.78 is 1.30. The van der Waals surface area contributed by atoms with Crippen LogP contribution in [0.4, 0.5) is 0 Å². The number of aromatic amines is 1. The van der Waals surface area contributed by atoms with Gasteiger partial charge in [-0.25, -0.2) is 9.97 Å². The van der Waals surface area contributed by atoms with Crippen molar-refractivity contribution >= 4 is 5.78 Å². The first-order chi connectivity index (χ1) is 6.33. The SMILES string of the molecule is NCCc1cnc2nc[nH]n2c1=O. The number of nitrogens with one attached hydrogen (secondary N) is 1. The van der Waals surface area contributed by atoms with Crippen LogP contribution in [0, 0.1) is 0 Å². The molecule has 2 aromatic rings. The molecule has 0 saturated heterocycles. The molecule has 0 spiro atoms. The molecule has 6 heteroatoms. The Morgan fingerprint density at radius 1 is 1.54 bits per heavy atom. The molecule has 0 unspecified atom stereocenters. The Morgan fingerprint density at radius 3 is 3.15 bits per heavy atom. The molecule has 6 nitrogen and oxygen atoms in total. The van der Waals surface area contributed by atoms with Crippen molar-refractivity contribution in [1.82, 2.24) is 19.6 Å². The summed E-state index contributed by atoms with van der Waals surface area (Å²) in [6, 6.07) is 0. The molecular weight excluding hydrogens is 170 g/mol. The molecule has 2 aromatic heterocycles. The summed E-state index contributed by atoms with van der Waals surface area (Å²) in [4.78, 5) is 19.4. The van der Waals surface area contributed by atoms with E-state index in [2.05, 4.69) is 15.1 Å². The van der Waals surface area contributed by atoms with Gasteiger partial charge < -0.3 is 5.73 Å². The summed E-state index contributed by atoms with van der Waals surface area (Å²) in [5.74, 6) is 0.380. The lowest BCUT2D eigenvalue weighted by molar-refractivity contribution is 0.847. The fourth-order valence-corrected chi connectivity index (χ4v) is 1.16. The van der Waals surface area contributed by atoms with Gasteiger partial charge in [-0.1, -0.05) is 0 Å². The molecule has 0 radical (unpaired) electrons. The molecule has 0 aliphatic rings. The number of hydrogen-bond acceptors (Lipinski definition) is 4. The zero-order chi connectivity index (χ0) is 9.26. The van der Waals surface area contributed by atoms with Gasteiger partial charge in [-0.2, -0.15) is 4.52 Å². The fraction of sp³-hybridized carbons (Fsp3) is 0.286. The van der Waals surface area contributed by atoms with Crippen molar-refractivity contribution in [2.75, 3.05) is 6.54 Å². The minimum absolute atomic E-state index is 0.132. The molecule has 0 amide bonds. The van der Waals surface area contributed by atoms with Crippen LogP contribution in [0.15, 0.2) is 17.3 Å². The first-order valence-corrected chi connectivity index (χ1v) is 3.93. The number of rotatable bonds is 2. The summed E-state index contributed by atoms with van der Waals surface area (Å²) in [5, 5.41) is 2.68. The average molecular weight is 179 g/mol. The summed E-state index contributed by atoms with van der Waals surface area (Å²) in [7, 11) is 0. The van der Waals surface area contributed by atoms with Crippen LogP contribution in [-0.4, -0.2) is 26.1 Å². The number of fused-ring (bicyclic) bond motifs is 1. The highest BCUT2D eigenvalue weighted by atomic mass is 16.1. The van der Waals surface area contributed by atoms with Gasteiger partial charge in [-0.05, 0) is 13.0 Å². The van der Waals surface area contributed by atoms with Crippen molar-refractivity contribution in [1.29, 1.82) is 0 Å². The third-order valence-corrected chi connectivity index (χ3v) is 1.79. The molecule has 2 rings (SSSR count). The zero-order valence-corrected chi connectivity index (χ0v) is 6.90. The Kier molecular flexibility index (Phi) is 1.82. The predicted molar refractivity (Wildman–Crippen MR) is 46.4 cm³/mol. The number of H-pyrrole nitrogens is 1. The zero-order valence-electron chi connectivity index (χ0n) is 6.90. The van der Waals surface area contributed by atoms with E-state index < -0.39 is 0 Å². The lowest BCUT2D eigenvalue weighted by Crippen LogP contribution is -2.21. The van der Waals surface area contributed by atoms with Crippen molar-refractivity contribution in [3.63, 3.8) is 0 Å². The van der Waals surface area contributed by atoms with E-state index in [0.29, 0.717) is 24.3 Å². The van der Waals surface area contributed by atoms with Crippen molar-refractivity contribution in [2.45, 2.75) is 6.42 Å². The van der Waals surface area contributed by atoms with E-state index in [-0.39, 0.29) is 5.56 Å². The third kappa shape index (κ3) is 1.20. The Morgan fingerprint density at radius 2 is 2.38 bits per heavy atom. The van der Waals surface area contributed by atoms with E-state index in [1.54, 1.807) is 0 Å². The Balaban J connectivity index is 2.67. The summed E-state index contributed by atoms with van der Waals surface area (Å²) >= 11 is 0. The maximum atomic E-state index is 11.6. The minimum atomic E-state index is -0.132. The Labute approximate surface area is 73.4 Å². The average Bonchev–Trinajstić information content (AvgIpc) is 2.58. The summed E-state index contributed by atoms with van der Waals surface area (Å²) in [5.41, 5.74) is 5.82. The first kappa shape index (κ1) is 7.93. The van der Waals surface area contributed by atoms with Crippen molar-refractivity contribution < 1.29 is 0 Å². The van der Waals surface area contributed by atoms with Crippen LogP contribution in [0.25, 0.3) is 5.78 Å².